The second-order valence-corrected chi connectivity index (χ2v) is 4.04. The fourth-order valence-electron chi connectivity index (χ4n) is 1.60. The lowest BCUT2D eigenvalue weighted by atomic mass is 10.0. The van der Waals surface area contributed by atoms with Gasteiger partial charge in [-0.15, -0.1) is 0 Å². The zero-order valence-electron chi connectivity index (χ0n) is 6.97. The quantitative estimate of drug-likeness (QED) is 0.733. The molecule has 0 bridgehead atoms. The van der Waals surface area contributed by atoms with E-state index in [1.54, 1.807) is 0 Å². The second-order valence-electron chi connectivity index (χ2n) is 3.12. The van der Waals surface area contributed by atoms with E-state index in [0.717, 1.165) is 17.4 Å². The maximum absolute atomic E-state index is 4.39. The van der Waals surface area contributed by atoms with Gasteiger partial charge in [0.05, 0.1) is 5.69 Å². The molecule has 0 amide bonds. The van der Waals surface area contributed by atoms with Gasteiger partial charge < -0.3 is 5.32 Å². The molecule has 0 spiro atoms. The molecule has 0 radical (unpaired) electrons. The highest BCUT2D eigenvalue weighted by Gasteiger charge is 2.16. The summed E-state index contributed by atoms with van der Waals surface area (Å²) in [5, 5.41) is 3.38. The average molecular weight is 227 g/mol. The Morgan fingerprint density at radius 1 is 1.67 bits per heavy atom. The van der Waals surface area contributed by atoms with Crippen molar-refractivity contribution in [2.75, 3.05) is 6.54 Å². The minimum atomic E-state index is 0.404. The van der Waals surface area contributed by atoms with Crippen LogP contribution in [-0.4, -0.2) is 11.5 Å². The van der Waals surface area contributed by atoms with Crippen LogP contribution in [0.4, 0.5) is 0 Å². The van der Waals surface area contributed by atoms with Crippen LogP contribution in [0.1, 0.15) is 24.2 Å². The van der Waals surface area contributed by atoms with E-state index in [1.165, 1.54) is 11.3 Å². The van der Waals surface area contributed by atoms with E-state index in [-0.39, 0.29) is 0 Å². The van der Waals surface area contributed by atoms with E-state index in [9.17, 15) is 0 Å². The van der Waals surface area contributed by atoms with Gasteiger partial charge in [0.15, 0.2) is 0 Å². The van der Waals surface area contributed by atoms with Gasteiger partial charge in [-0.05, 0) is 47.4 Å². The number of nitrogens with one attached hydrogen (secondary N) is 1. The summed E-state index contributed by atoms with van der Waals surface area (Å²) in [6, 6.07) is 2.57. The Hall–Kier alpha value is -0.410. The SMILES string of the molecule is CC1NCCc2cc(Br)cnc21. The number of pyridine rings is 1. The molecule has 2 heterocycles. The molecule has 0 saturated carbocycles. The zero-order chi connectivity index (χ0) is 8.55. The Balaban J connectivity index is 2.46. The summed E-state index contributed by atoms with van der Waals surface area (Å²) in [7, 11) is 0. The summed E-state index contributed by atoms with van der Waals surface area (Å²) in [4.78, 5) is 4.39. The van der Waals surface area contributed by atoms with Crippen molar-refractivity contribution >= 4 is 15.9 Å². The van der Waals surface area contributed by atoms with Crippen molar-refractivity contribution in [1.82, 2.24) is 10.3 Å². The molecule has 1 atom stereocenters. The van der Waals surface area contributed by atoms with E-state index in [1.807, 2.05) is 6.20 Å². The number of nitrogens with zero attached hydrogens (tertiary/aromatic N) is 1. The molecule has 0 saturated heterocycles. The summed E-state index contributed by atoms with van der Waals surface area (Å²) in [5.74, 6) is 0. The maximum atomic E-state index is 4.39. The Labute approximate surface area is 80.5 Å². The fraction of sp³-hybridized carbons (Fsp3) is 0.444. The van der Waals surface area contributed by atoms with Crippen LogP contribution in [0, 0.1) is 0 Å². The zero-order valence-corrected chi connectivity index (χ0v) is 8.56. The minimum Gasteiger partial charge on any atom is -0.309 e. The van der Waals surface area contributed by atoms with E-state index in [4.69, 9.17) is 0 Å². The van der Waals surface area contributed by atoms with Crippen molar-refractivity contribution in [1.29, 1.82) is 0 Å². The number of halogens is 1. The predicted molar refractivity (Wildman–Crippen MR) is 52.1 cm³/mol. The third-order valence-electron chi connectivity index (χ3n) is 2.22. The molecule has 2 rings (SSSR count). The molecule has 0 aromatic carbocycles. The lowest BCUT2D eigenvalue weighted by molar-refractivity contribution is 0.525. The molecular weight excluding hydrogens is 216 g/mol. The standard InChI is InChI=1S/C9H11BrN2/c1-6-9-7(2-3-11-6)4-8(10)5-12-9/h4-6,11H,2-3H2,1H3. The van der Waals surface area contributed by atoms with Crippen molar-refractivity contribution in [2.45, 2.75) is 19.4 Å². The molecule has 64 valence electrons. The molecule has 1 aliphatic heterocycles. The second kappa shape index (κ2) is 3.15. The van der Waals surface area contributed by atoms with Crippen molar-refractivity contribution in [2.24, 2.45) is 0 Å². The van der Waals surface area contributed by atoms with Gasteiger partial charge in [-0.3, -0.25) is 4.98 Å². The molecule has 1 aromatic heterocycles. The van der Waals surface area contributed by atoms with Crippen LogP contribution in [0.2, 0.25) is 0 Å². The predicted octanol–water partition coefficient (Wildman–Crippen LogP) is 2.05. The van der Waals surface area contributed by atoms with Gasteiger partial charge in [0, 0.05) is 16.7 Å². The maximum Gasteiger partial charge on any atom is 0.0603 e. The van der Waals surface area contributed by atoms with Crippen LogP contribution in [0.15, 0.2) is 16.7 Å². The van der Waals surface area contributed by atoms with Crippen LogP contribution in [0.25, 0.3) is 0 Å². The van der Waals surface area contributed by atoms with Gasteiger partial charge >= 0.3 is 0 Å². The lowest BCUT2D eigenvalue weighted by Gasteiger charge is -2.22. The van der Waals surface area contributed by atoms with Gasteiger partial charge in [-0.25, -0.2) is 0 Å². The smallest absolute Gasteiger partial charge is 0.0603 e. The number of hydrogen-bond donors (Lipinski definition) is 1. The molecule has 1 N–H and O–H groups in total. The number of hydrogen-bond acceptors (Lipinski definition) is 2. The lowest BCUT2D eigenvalue weighted by Crippen LogP contribution is -2.28. The van der Waals surface area contributed by atoms with Crippen molar-refractivity contribution in [3.63, 3.8) is 0 Å². The monoisotopic (exact) mass is 226 g/mol. The molecule has 1 aromatic rings. The van der Waals surface area contributed by atoms with Crippen molar-refractivity contribution in [3.05, 3.63) is 28.0 Å². The highest BCUT2D eigenvalue weighted by atomic mass is 79.9. The highest BCUT2D eigenvalue weighted by Crippen LogP contribution is 2.22. The third-order valence-corrected chi connectivity index (χ3v) is 2.66. The molecular formula is C9H11BrN2. The first-order valence-electron chi connectivity index (χ1n) is 4.15. The first-order chi connectivity index (χ1) is 5.77. The largest absolute Gasteiger partial charge is 0.309 e. The summed E-state index contributed by atoms with van der Waals surface area (Å²) in [6.07, 6.45) is 2.95. The van der Waals surface area contributed by atoms with E-state index < -0.39 is 0 Å². The molecule has 3 heteroatoms. The molecule has 1 unspecified atom stereocenters. The van der Waals surface area contributed by atoms with Crippen LogP contribution in [0.5, 0.6) is 0 Å². The van der Waals surface area contributed by atoms with Gasteiger partial charge in [0.25, 0.3) is 0 Å². The van der Waals surface area contributed by atoms with Crippen LogP contribution >= 0.6 is 15.9 Å². The van der Waals surface area contributed by atoms with E-state index >= 15 is 0 Å². The van der Waals surface area contributed by atoms with Gasteiger partial charge in [0.1, 0.15) is 0 Å². The normalized spacial score (nSPS) is 22.0. The van der Waals surface area contributed by atoms with Gasteiger partial charge in [-0.2, -0.15) is 0 Å². The van der Waals surface area contributed by atoms with E-state index in [2.05, 4.69) is 39.2 Å². The van der Waals surface area contributed by atoms with Gasteiger partial charge in [0.2, 0.25) is 0 Å². The van der Waals surface area contributed by atoms with Crippen molar-refractivity contribution < 1.29 is 0 Å². The molecule has 0 fully saturated rings. The van der Waals surface area contributed by atoms with E-state index in [0.29, 0.717) is 6.04 Å². The molecule has 0 aliphatic carbocycles. The molecule has 1 aliphatic rings. The topological polar surface area (TPSA) is 24.9 Å². The minimum absolute atomic E-state index is 0.404. The Morgan fingerprint density at radius 2 is 2.50 bits per heavy atom. The first-order valence-corrected chi connectivity index (χ1v) is 4.94. The summed E-state index contributed by atoms with van der Waals surface area (Å²) in [6.45, 7) is 3.21. The van der Waals surface area contributed by atoms with Crippen molar-refractivity contribution in [3.8, 4) is 0 Å². The summed E-state index contributed by atoms with van der Waals surface area (Å²) < 4.78 is 1.08. The molecule has 2 nitrogen and oxygen atoms in total. The Morgan fingerprint density at radius 3 is 3.33 bits per heavy atom. The van der Waals surface area contributed by atoms with Gasteiger partial charge in [-0.1, -0.05) is 0 Å². The summed E-state index contributed by atoms with van der Waals surface area (Å²) >= 11 is 3.43. The average Bonchev–Trinajstić information content (AvgIpc) is 2.04. The fourth-order valence-corrected chi connectivity index (χ4v) is 1.98. The Bertz CT molecular complexity index is 299. The molecule has 12 heavy (non-hydrogen) atoms. The highest BCUT2D eigenvalue weighted by molar-refractivity contribution is 9.10. The number of fused-ring (bicyclic) bond motifs is 1. The van der Waals surface area contributed by atoms with Crippen LogP contribution in [0.3, 0.4) is 0 Å². The van der Waals surface area contributed by atoms with Crippen LogP contribution in [-0.2, 0) is 6.42 Å². The Kier molecular flexibility index (Phi) is 2.15. The summed E-state index contributed by atoms with van der Waals surface area (Å²) in [5.41, 5.74) is 2.57. The first kappa shape index (κ1) is 8.20. The number of aromatic nitrogens is 1. The number of rotatable bonds is 0. The third kappa shape index (κ3) is 1.39. The van der Waals surface area contributed by atoms with Crippen LogP contribution < -0.4 is 5.32 Å².